The molecule has 3 aromatic rings. The Bertz CT molecular complexity index is 876. The molecule has 0 atom stereocenters. The van der Waals surface area contributed by atoms with Crippen LogP contribution < -0.4 is 45.3 Å². The number of carboxylic acid groups (broad SMARTS) is 1. The largest absolute Gasteiger partial charge is 1.00 e. The van der Waals surface area contributed by atoms with Gasteiger partial charge in [-0.2, -0.15) is 15.0 Å². The molecular weight excluding hydrogens is 477 g/mol. The first-order chi connectivity index (χ1) is 12.0. The number of carboxylic acids is 1. The minimum Gasteiger partial charge on any atom is -0.541 e. The van der Waals surface area contributed by atoms with Crippen molar-refractivity contribution in [1.82, 2.24) is 15.0 Å². The molecule has 10 heteroatoms. The molecule has 0 fully saturated rings. The van der Waals surface area contributed by atoms with Gasteiger partial charge < -0.3 is 20.5 Å². The Morgan fingerprint density at radius 3 is 1.62 bits per heavy atom. The first-order valence-electron chi connectivity index (χ1n) is 7.03. The number of para-hydroxylation sites is 2. The van der Waals surface area contributed by atoms with Gasteiger partial charge in [-0.15, -0.1) is 0 Å². The van der Waals surface area contributed by atoms with Crippen LogP contribution in [0.4, 0.5) is 23.3 Å². The van der Waals surface area contributed by atoms with E-state index in [1.54, 1.807) is 12.1 Å². The van der Waals surface area contributed by atoms with Gasteiger partial charge in [0.2, 0.25) is 11.9 Å². The minimum atomic E-state index is -1.49. The number of hydrogen-bond donors (Lipinski definition) is 2. The predicted octanol–water partition coefficient (Wildman–Crippen LogP) is 0.251. The van der Waals surface area contributed by atoms with E-state index in [0.29, 0.717) is 11.4 Å². The second-order valence-electron chi connectivity index (χ2n) is 4.80. The van der Waals surface area contributed by atoms with E-state index in [2.05, 4.69) is 57.4 Å². The molecule has 2 N–H and O–H groups in total. The number of rotatable bonds is 5. The molecule has 0 bridgehead atoms. The first kappa shape index (κ1) is 20.8. The van der Waals surface area contributed by atoms with E-state index in [1.165, 1.54) is 0 Å². The van der Waals surface area contributed by atoms with Crippen molar-refractivity contribution in [2.75, 3.05) is 10.6 Å². The molecule has 3 rings (SSSR count). The second-order valence-corrected chi connectivity index (χ2v) is 6.51. The topological polar surface area (TPSA) is 103 Å². The average Bonchev–Trinajstić information content (AvgIpc) is 2.59. The molecule has 0 spiro atoms. The van der Waals surface area contributed by atoms with Crippen LogP contribution in [-0.4, -0.2) is 20.9 Å². The van der Waals surface area contributed by atoms with Crippen LogP contribution in [0.5, 0.6) is 0 Å². The van der Waals surface area contributed by atoms with Gasteiger partial charge in [-0.1, -0.05) is 24.3 Å². The van der Waals surface area contributed by atoms with Gasteiger partial charge in [-0.25, -0.2) is 0 Å². The number of anilines is 4. The van der Waals surface area contributed by atoms with Crippen LogP contribution in [0.2, 0.25) is 0 Å². The average molecular weight is 487 g/mol. The van der Waals surface area contributed by atoms with E-state index in [9.17, 15) is 9.90 Å². The van der Waals surface area contributed by atoms with Crippen molar-refractivity contribution in [3.8, 4) is 0 Å². The van der Waals surface area contributed by atoms with Crippen molar-refractivity contribution in [1.29, 1.82) is 0 Å². The van der Waals surface area contributed by atoms with Crippen LogP contribution in [0, 0.1) is 0 Å². The molecule has 0 amide bonds. The summed E-state index contributed by atoms with van der Waals surface area (Å²) in [6.45, 7) is 0. The van der Waals surface area contributed by atoms with Gasteiger partial charge in [-0.05, 0) is 56.1 Å². The Morgan fingerprint density at radius 1 is 0.808 bits per heavy atom. The summed E-state index contributed by atoms with van der Waals surface area (Å²) in [5.74, 6) is -1.81. The zero-order valence-electron chi connectivity index (χ0n) is 13.5. The van der Waals surface area contributed by atoms with Crippen molar-refractivity contribution in [2.24, 2.45) is 0 Å². The summed E-state index contributed by atoms with van der Waals surface area (Å²) in [6.07, 6.45) is 0. The van der Waals surface area contributed by atoms with Crippen LogP contribution in [0.3, 0.4) is 0 Å². The number of halogens is 2. The SMILES string of the molecule is O=C([O-])c1nc(Nc2ccccc2Br)nc(Nc2ccccc2Br)n1.[Na+]. The predicted molar refractivity (Wildman–Crippen MR) is 99.0 cm³/mol. The molecule has 0 saturated heterocycles. The number of nitrogens with one attached hydrogen (secondary N) is 2. The summed E-state index contributed by atoms with van der Waals surface area (Å²) >= 11 is 6.80. The summed E-state index contributed by atoms with van der Waals surface area (Å²) < 4.78 is 1.57. The molecule has 2 aromatic carbocycles. The Balaban J connectivity index is 0.00000243. The van der Waals surface area contributed by atoms with E-state index >= 15 is 0 Å². The number of carbonyl (C=O) groups excluding carboxylic acids is 1. The molecule has 0 aliphatic rings. The van der Waals surface area contributed by atoms with E-state index in [0.717, 1.165) is 8.95 Å². The third-order valence-electron chi connectivity index (χ3n) is 3.06. The van der Waals surface area contributed by atoms with E-state index < -0.39 is 11.8 Å². The van der Waals surface area contributed by atoms with Crippen molar-refractivity contribution >= 4 is 61.1 Å². The Hall–Kier alpha value is -1.52. The van der Waals surface area contributed by atoms with Gasteiger partial charge in [0.05, 0.1) is 11.4 Å². The van der Waals surface area contributed by atoms with Crippen molar-refractivity contribution in [3.63, 3.8) is 0 Å². The molecule has 0 unspecified atom stereocenters. The maximum absolute atomic E-state index is 11.2. The number of aromatic carboxylic acids is 1. The van der Waals surface area contributed by atoms with Crippen LogP contribution in [0.25, 0.3) is 0 Å². The zero-order chi connectivity index (χ0) is 17.8. The molecule has 1 heterocycles. The maximum Gasteiger partial charge on any atom is 1.00 e. The molecule has 26 heavy (non-hydrogen) atoms. The van der Waals surface area contributed by atoms with Crippen LogP contribution in [-0.2, 0) is 0 Å². The smallest absolute Gasteiger partial charge is 0.541 e. The number of nitrogens with zero attached hydrogens (tertiary/aromatic N) is 3. The summed E-state index contributed by atoms with van der Waals surface area (Å²) in [4.78, 5) is 23.1. The number of hydrogen-bond acceptors (Lipinski definition) is 7. The van der Waals surface area contributed by atoms with Gasteiger partial charge in [0, 0.05) is 8.95 Å². The fourth-order valence-corrected chi connectivity index (χ4v) is 2.71. The second kappa shape index (κ2) is 9.43. The molecule has 0 saturated carbocycles. The minimum absolute atomic E-state index is 0. The molecule has 0 aliphatic heterocycles. The van der Waals surface area contributed by atoms with Crippen LogP contribution in [0.1, 0.15) is 10.6 Å². The molecular formula is C16H10Br2N5NaO2. The van der Waals surface area contributed by atoms with E-state index in [4.69, 9.17) is 0 Å². The summed E-state index contributed by atoms with van der Waals surface area (Å²) in [5, 5.41) is 17.1. The number of benzene rings is 2. The summed E-state index contributed by atoms with van der Waals surface area (Å²) in [6, 6.07) is 14.6. The van der Waals surface area contributed by atoms with Gasteiger partial charge in [0.25, 0.3) is 0 Å². The summed E-state index contributed by atoms with van der Waals surface area (Å²) in [7, 11) is 0. The Morgan fingerprint density at radius 2 is 1.23 bits per heavy atom. The van der Waals surface area contributed by atoms with E-state index in [1.807, 2.05) is 36.4 Å². The standard InChI is InChI=1S/C16H11Br2N5O2.Na/c17-9-5-1-3-7-11(9)19-15-21-13(14(24)25)22-16(23-15)20-12-8-4-2-6-10(12)18;/h1-8H,(H,24,25)(H2,19,20,21,22,23);/q;+1/p-1. The number of aromatic nitrogens is 3. The monoisotopic (exact) mass is 485 g/mol. The molecule has 0 radical (unpaired) electrons. The van der Waals surface area contributed by atoms with Gasteiger partial charge in [0.15, 0.2) is 5.82 Å². The third kappa shape index (κ3) is 5.24. The fraction of sp³-hybridized carbons (Fsp3) is 0. The fourth-order valence-electron chi connectivity index (χ4n) is 1.95. The summed E-state index contributed by atoms with van der Waals surface area (Å²) in [5.41, 5.74) is 1.37. The maximum atomic E-state index is 11.2. The Kier molecular flexibility index (Phi) is 7.54. The molecule has 126 valence electrons. The third-order valence-corrected chi connectivity index (χ3v) is 4.44. The van der Waals surface area contributed by atoms with E-state index in [-0.39, 0.29) is 41.5 Å². The van der Waals surface area contributed by atoms with Gasteiger partial charge in [-0.3, -0.25) is 0 Å². The zero-order valence-corrected chi connectivity index (χ0v) is 18.7. The van der Waals surface area contributed by atoms with Crippen LogP contribution >= 0.6 is 31.9 Å². The van der Waals surface area contributed by atoms with Gasteiger partial charge in [0.1, 0.15) is 5.97 Å². The quantitative estimate of drug-likeness (QED) is 0.498. The molecule has 1 aromatic heterocycles. The van der Waals surface area contributed by atoms with Gasteiger partial charge >= 0.3 is 29.6 Å². The first-order valence-corrected chi connectivity index (χ1v) is 8.62. The molecule has 0 aliphatic carbocycles. The van der Waals surface area contributed by atoms with Crippen molar-refractivity contribution in [3.05, 3.63) is 63.3 Å². The van der Waals surface area contributed by atoms with Crippen LogP contribution in [0.15, 0.2) is 57.5 Å². The Labute approximate surface area is 188 Å². The van der Waals surface area contributed by atoms with Crippen molar-refractivity contribution < 1.29 is 39.5 Å². The normalized spacial score (nSPS) is 9.92. The molecule has 7 nitrogen and oxygen atoms in total. The van der Waals surface area contributed by atoms with Crippen molar-refractivity contribution in [2.45, 2.75) is 0 Å². The number of carbonyl (C=O) groups is 1.